The van der Waals surface area contributed by atoms with Crippen molar-refractivity contribution in [2.24, 2.45) is 5.92 Å². The van der Waals surface area contributed by atoms with Crippen LogP contribution in [-0.4, -0.2) is 32.8 Å². The van der Waals surface area contributed by atoms with Crippen LogP contribution in [0.2, 0.25) is 10.0 Å². The average Bonchev–Trinajstić information content (AvgIpc) is 2.84. The smallest absolute Gasteiger partial charge is 0.242 e. The Labute approximate surface area is 134 Å². The van der Waals surface area contributed by atoms with E-state index >= 15 is 0 Å². The minimum atomic E-state index is -3.79. The fourth-order valence-corrected chi connectivity index (χ4v) is 4.28. The lowest BCUT2D eigenvalue weighted by atomic mass is 10.0. The Balaban J connectivity index is 2.21. The molecule has 1 aliphatic rings. The first kappa shape index (κ1) is 17.0. The summed E-state index contributed by atoms with van der Waals surface area (Å²) >= 11 is 11.9. The lowest BCUT2D eigenvalue weighted by molar-refractivity contribution is 0.107. The van der Waals surface area contributed by atoms with Gasteiger partial charge in [0.15, 0.2) is 0 Å². The summed E-state index contributed by atoms with van der Waals surface area (Å²) in [4.78, 5) is -0.118. The van der Waals surface area contributed by atoms with Crippen molar-refractivity contribution < 1.29 is 18.3 Å². The summed E-state index contributed by atoms with van der Waals surface area (Å²) in [6, 6.07) is 2.72. The molecule has 1 aliphatic heterocycles. The predicted octanol–water partition coefficient (Wildman–Crippen LogP) is 2.19. The van der Waals surface area contributed by atoms with E-state index in [9.17, 15) is 13.5 Å². The molecule has 1 saturated heterocycles. The molecule has 2 N–H and O–H groups in total. The van der Waals surface area contributed by atoms with E-state index in [0.717, 1.165) is 6.42 Å². The number of ether oxygens (including phenoxy) is 1. The second-order valence-corrected chi connectivity index (χ2v) is 7.56. The Morgan fingerprint density at radius 1 is 1.43 bits per heavy atom. The van der Waals surface area contributed by atoms with Crippen LogP contribution >= 0.6 is 23.2 Å². The molecule has 118 valence electrons. The molecular formula is C13H17Cl2NO4S. The van der Waals surface area contributed by atoms with E-state index in [1.54, 1.807) is 0 Å². The maximum Gasteiger partial charge on any atom is 0.242 e. The number of aliphatic hydroxyl groups excluding tert-OH is 1. The maximum absolute atomic E-state index is 12.4. The second-order valence-electron chi connectivity index (χ2n) is 5.01. The van der Waals surface area contributed by atoms with E-state index in [2.05, 4.69) is 4.72 Å². The summed E-state index contributed by atoms with van der Waals surface area (Å²) in [6.07, 6.45) is 0.838. The highest BCUT2D eigenvalue weighted by Crippen LogP contribution is 2.30. The number of sulfonamides is 1. The van der Waals surface area contributed by atoms with E-state index in [4.69, 9.17) is 27.9 Å². The van der Waals surface area contributed by atoms with Crippen LogP contribution in [0.3, 0.4) is 0 Å². The highest BCUT2D eigenvalue weighted by Gasteiger charge is 2.27. The van der Waals surface area contributed by atoms with Gasteiger partial charge < -0.3 is 9.84 Å². The van der Waals surface area contributed by atoms with Crippen LogP contribution in [0.5, 0.6) is 0 Å². The van der Waals surface area contributed by atoms with Gasteiger partial charge in [-0.05, 0) is 31.0 Å². The monoisotopic (exact) mass is 353 g/mol. The molecule has 1 fully saturated rings. The SMILES string of the molecule is CC1OCCC1CNS(=O)(=O)c1cc(Cl)cc(CO)c1Cl. The molecule has 21 heavy (non-hydrogen) atoms. The lowest BCUT2D eigenvalue weighted by Gasteiger charge is -2.16. The number of hydrogen-bond acceptors (Lipinski definition) is 4. The Morgan fingerprint density at radius 2 is 2.14 bits per heavy atom. The first-order valence-corrected chi connectivity index (χ1v) is 8.79. The molecule has 0 radical (unpaired) electrons. The Kier molecular flexibility index (Phi) is 5.51. The standard InChI is InChI=1S/C13H17Cl2NO4S/c1-8-9(2-3-20-8)6-16-21(18,19)12-5-11(14)4-10(7-17)13(12)15/h4-5,8-9,16-17H,2-3,6-7H2,1H3. The lowest BCUT2D eigenvalue weighted by Crippen LogP contribution is -2.32. The third-order valence-corrected chi connectivity index (χ3v) is 5.83. The maximum atomic E-state index is 12.4. The molecule has 2 rings (SSSR count). The van der Waals surface area contributed by atoms with Gasteiger partial charge >= 0.3 is 0 Å². The average molecular weight is 354 g/mol. The van der Waals surface area contributed by atoms with Crippen LogP contribution in [0.15, 0.2) is 17.0 Å². The first-order chi connectivity index (χ1) is 9.85. The van der Waals surface area contributed by atoms with Crippen LogP contribution in [0.25, 0.3) is 0 Å². The minimum absolute atomic E-state index is 0.00915. The van der Waals surface area contributed by atoms with Gasteiger partial charge in [0.2, 0.25) is 10.0 Å². The number of hydrogen-bond donors (Lipinski definition) is 2. The van der Waals surface area contributed by atoms with Crippen molar-refractivity contribution in [1.82, 2.24) is 4.72 Å². The van der Waals surface area contributed by atoms with E-state index in [1.165, 1.54) is 12.1 Å². The fraction of sp³-hybridized carbons (Fsp3) is 0.538. The van der Waals surface area contributed by atoms with Gasteiger partial charge in [0.25, 0.3) is 0 Å². The van der Waals surface area contributed by atoms with Gasteiger partial charge in [-0.15, -0.1) is 0 Å². The van der Waals surface area contributed by atoms with Crippen molar-refractivity contribution in [3.05, 3.63) is 27.7 Å². The summed E-state index contributed by atoms with van der Waals surface area (Å²) in [5.74, 6) is 0.134. The number of benzene rings is 1. The summed E-state index contributed by atoms with van der Waals surface area (Å²) in [5, 5.41) is 9.40. The van der Waals surface area contributed by atoms with Gasteiger partial charge in [-0.2, -0.15) is 0 Å². The summed E-state index contributed by atoms with van der Waals surface area (Å²) in [7, 11) is -3.79. The Bertz CT molecular complexity index is 621. The molecule has 2 unspecified atom stereocenters. The zero-order chi connectivity index (χ0) is 15.6. The van der Waals surface area contributed by atoms with Crippen molar-refractivity contribution in [2.45, 2.75) is 31.0 Å². The number of aliphatic hydroxyl groups is 1. The molecule has 0 spiro atoms. The number of nitrogens with one attached hydrogen (secondary N) is 1. The third kappa shape index (κ3) is 3.88. The molecule has 0 amide bonds. The van der Waals surface area contributed by atoms with Crippen LogP contribution in [-0.2, 0) is 21.4 Å². The summed E-state index contributed by atoms with van der Waals surface area (Å²) < 4.78 is 32.7. The Morgan fingerprint density at radius 3 is 2.71 bits per heavy atom. The third-order valence-electron chi connectivity index (χ3n) is 3.61. The molecule has 1 aromatic carbocycles. The van der Waals surface area contributed by atoms with Crippen molar-refractivity contribution in [3.8, 4) is 0 Å². The quantitative estimate of drug-likeness (QED) is 0.850. The first-order valence-electron chi connectivity index (χ1n) is 6.55. The van der Waals surface area contributed by atoms with Crippen molar-refractivity contribution in [3.63, 3.8) is 0 Å². The minimum Gasteiger partial charge on any atom is -0.392 e. The van der Waals surface area contributed by atoms with Crippen LogP contribution < -0.4 is 4.72 Å². The zero-order valence-corrected chi connectivity index (χ0v) is 13.8. The molecule has 8 heteroatoms. The van der Waals surface area contributed by atoms with E-state index in [0.29, 0.717) is 6.61 Å². The second kappa shape index (κ2) is 6.81. The summed E-state index contributed by atoms with van der Waals surface area (Å²) in [6.45, 7) is 2.46. The van der Waals surface area contributed by atoms with E-state index in [-0.39, 0.29) is 45.7 Å². The Hall–Kier alpha value is -0.370. The molecular weight excluding hydrogens is 337 g/mol. The fourth-order valence-electron chi connectivity index (χ4n) is 2.27. The number of halogens is 2. The molecule has 0 aliphatic carbocycles. The highest BCUT2D eigenvalue weighted by atomic mass is 35.5. The number of rotatable bonds is 5. The molecule has 0 bridgehead atoms. The zero-order valence-electron chi connectivity index (χ0n) is 11.5. The van der Waals surface area contributed by atoms with Crippen LogP contribution in [0, 0.1) is 5.92 Å². The van der Waals surface area contributed by atoms with Gasteiger partial charge in [0.1, 0.15) is 4.90 Å². The van der Waals surface area contributed by atoms with Crippen LogP contribution in [0.1, 0.15) is 18.9 Å². The van der Waals surface area contributed by atoms with Gasteiger partial charge in [0.05, 0.1) is 17.7 Å². The molecule has 0 saturated carbocycles. The van der Waals surface area contributed by atoms with Gasteiger partial charge in [-0.25, -0.2) is 13.1 Å². The molecule has 0 aromatic heterocycles. The molecule has 5 nitrogen and oxygen atoms in total. The molecule has 2 atom stereocenters. The normalized spacial score (nSPS) is 22.7. The summed E-state index contributed by atoms with van der Waals surface area (Å²) in [5.41, 5.74) is 0.280. The van der Waals surface area contributed by atoms with E-state index in [1.807, 2.05) is 6.92 Å². The van der Waals surface area contributed by atoms with Crippen LogP contribution in [0.4, 0.5) is 0 Å². The predicted molar refractivity (Wildman–Crippen MR) is 81.1 cm³/mol. The van der Waals surface area contributed by atoms with E-state index < -0.39 is 10.0 Å². The van der Waals surface area contributed by atoms with Crippen molar-refractivity contribution >= 4 is 33.2 Å². The van der Waals surface area contributed by atoms with Crippen molar-refractivity contribution in [2.75, 3.05) is 13.2 Å². The molecule has 1 aromatic rings. The van der Waals surface area contributed by atoms with Gasteiger partial charge in [-0.3, -0.25) is 0 Å². The largest absolute Gasteiger partial charge is 0.392 e. The molecule has 1 heterocycles. The topological polar surface area (TPSA) is 75.6 Å². The highest BCUT2D eigenvalue weighted by molar-refractivity contribution is 7.89. The van der Waals surface area contributed by atoms with Gasteiger partial charge in [0, 0.05) is 24.1 Å². The van der Waals surface area contributed by atoms with Crippen molar-refractivity contribution in [1.29, 1.82) is 0 Å². The van der Waals surface area contributed by atoms with Gasteiger partial charge in [-0.1, -0.05) is 23.2 Å².